The van der Waals surface area contributed by atoms with Crippen molar-refractivity contribution in [3.05, 3.63) is 54.0 Å². The number of aliphatic imine (C=N–C) groups is 1. The first-order valence-electron chi connectivity index (χ1n) is 9.49. The number of aromatic nitrogens is 3. The third-order valence-electron chi connectivity index (χ3n) is 4.99. The van der Waals surface area contributed by atoms with Gasteiger partial charge in [0.25, 0.3) is 0 Å². The average Bonchev–Trinajstić information content (AvgIpc) is 3.40. The number of allylic oxidation sites excluding steroid dienone is 1. The monoisotopic (exact) mass is 389 g/mol. The van der Waals surface area contributed by atoms with Crippen LogP contribution >= 0.6 is 0 Å². The van der Waals surface area contributed by atoms with Crippen molar-refractivity contribution < 1.29 is 4.79 Å². The highest BCUT2D eigenvalue weighted by molar-refractivity contribution is 6.12. The number of rotatable bonds is 6. The van der Waals surface area contributed by atoms with E-state index >= 15 is 0 Å². The van der Waals surface area contributed by atoms with Crippen LogP contribution in [0.3, 0.4) is 0 Å². The van der Waals surface area contributed by atoms with Crippen LogP contribution in [-0.4, -0.2) is 53.0 Å². The van der Waals surface area contributed by atoms with Crippen molar-refractivity contribution in [2.24, 2.45) is 10.7 Å². The van der Waals surface area contributed by atoms with Gasteiger partial charge < -0.3 is 16.4 Å². The van der Waals surface area contributed by atoms with E-state index in [1.165, 1.54) is 6.20 Å². The predicted molar refractivity (Wildman–Crippen MR) is 115 cm³/mol. The number of imidazole rings is 1. The van der Waals surface area contributed by atoms with Crippen LogP contribution in [0.1, 0.15) is 22.3 Å². The largest absolute Gasteiger partial charge is 0.404 e. The number of carbonyl (C=O) groups is 1. The quantitative estimate of drug-likeness (QED) is 0.439. The maximum atomic E-state index is 11.6. The Morgan fingerprint density at radius 1 is 1.45 bits per heavy atom. The Bertz CT molecular complexity index is 1090. The fraction of sp³-hybridized carbons (Fsp3) is 0.238. The molecule has 8 nitrogen and oxygen atoms in total. The summed E-state index contributed by atoms with van der Waals surface area (Å²) >= 11 is 0. The average molecular weight is 389 g/mol. The van der Waals surface area contributed by atoms with Crippen LogP contribution in [0.2, 0.25) is 0 Å². The summed E-state index contributed by atoms with van der Waals surface area (Å²) in [6, 6.07) is 8.01. The van der Waals surface area contributed by atoms with Gasteiger partial charge in [-0.1, -0.05) is 6.07 Å². The summed E-state index contributed by atoms with van der Waals surface area (Å²) < 4.78 is 1.92. The van der Waals surface area contributed by atoms with Gasteiger partial charge in [-0.15, -0.1) is 0 Å². The molecule has 4 N–H and O–H groups in total. The van der Waals surface area contributed by atoms with Crippen molar-refractivity contribution in [3.8, 4) is 11.4 Å². The molecule has 1 atom stereocenters. The van der Waals surface area contributed by atoms with E-state index < -0.39 is 0 Å². The van der Waals surface area contributed by atoms with Crippen molar-refractivity contribution in [2.45, 2.75) is 12.5 Å². The lowest BCUT2D eigenvalue weighted by Gasteiger charge is -2.13. The molecule has 0 bridgehead atoms. The van der Waals surface area contributed by atoms with Crippen molar-refractivity contribution in [1.82, 2.24) is 19.7 Å². The Labute approximate surface area is 168 Å². The van der Waals surface area contributed by atoms with E-state index in [1.54, 1.807) is 25.5 Å². The molecule has 0 spiro atoms. The second kappa shape index (κ2) is 8.24. The molecule has 1 aliphatic rings. The summed E-state index contributed by atoms with van der Waals surface area (Å²) in [6.07, 6.45) is 8.56. The molecule has 29 heavy (non-hydrogen) atoms. The fourth-order valence-electron chi connectivity index (χ4n) is 3.55. The number of hydrogen-bond acceptors (Lipinski definition) is 7. The zero-order valence-corrected chi connectivity index (χ0v) is 16.2. The molecule has 1 aliphatic heterocycles. The molecule has 0 radical (unpaired) electrons. The molecule has 4 rings (SSSR count). The number of carbonyl (C=O) groups excluding carboxylic acids is 1. The van der Waals surface area contributed by atoms with Gasteiger partial charge in [-0.3, -0.25) is 14.2 Å². The van der Waals surface area contributed by atoms with E-state index in [4.69, 9.17) is 10.7 Å². The first-order valence-corrected chi connectivity index (χ1v) is 9.49. The number of nitrogens with zero attached hydrogens (tertiary/aromatic N) is 4. The van der Waals surface area contributed by atoms with E-state index in [0.717, 1.165) is 43.0 Å². The van der Waals surface area contributed by atoms with E-state index in [-0.39, 0.29) is 0 Å². The van der Waals surface area contributed by atoms with Gasteiger partial charge in [-0.05, 0) is 31.2 Å². The summed E-state index contributed by atoms with van der Waals surface area (Å²) in [7, 11) is 1.66. The second-order valence-electron chi connectivity index (χ2n) is 6.88. The zero-order chi connectivity index (χ0) is 20.2. The standard InChI is InChI=1S/C21H23N7O/c1-23-9-15(8-22)17-12-28-19(11-25-21(28)7-14(17)13-29)18-3-2-4-20(27-18)26-16-5-6-24-10-16/h2-4,7-9,11-13,16,24H,5-6,10,22H2,1H3,(H,26,27). The lowest BCUT2D eigenvalue weighted by molar-refractivity contribution is 0.112. The Morgan fingerprint density at radius 3 is 3.07 bits per heavy atom. The number of nitrogens with two attached hydrogens (primary N) is 1. The Morgan fingerprint density at radius 2 is 2.34 bits per heavy atom. The van der Waals surface area contributed by atoms with E-state index in [9.17, 15) is 4.79 Å². The minimum atomic E-state index is 0.382. The molecule has 0 amide bonds. The number of hydrogen-bond donors (Lipinski definition) is 3. The molecule has 4 heterocycles. The fourth-order valence-corrected chi connectivity index (χ4v) is 3.55. The van der Waals surface area contributed by atoms with Gasteiger partial charge in [-0.25, -0.2) is 9.97 Å². The van der Waals surface area contributed by atoms with Gasteiger partial charge in [0, 0.05) is 54.9 Å². The number of anilines is 1. The SMILES string of the molecule is CN=CC(=CN)c1cn2c(-c3cccc(NC4CCNC4)n3)cnc2cc1C=O. The zero-order valence-electron chi connectivity index (χ0n) is 16.2. The summed E-state index contributed by atoms with van der Waals surface area (Å²) in [5.74, 6) is 0.830. The highest BCUT2D eigenvalue weighted by atomic mass is 16.1. The molecule has 1 unspecified atom stereocenters. The van der Waals surface area contributed by atoms with E-state index in [0.29, 0.717) is 28.4 Å². The topological polar surface area (TPSA) is 110 Å². The molecular weight excluding hydrogens is 366 g/mol. The summed E-state index contributed by atoms with van der Waals surface area (Å²) in [5.41, 5.74) is 9.90. The van der Waals surface area contributed by atoms with Gasteiger partial charge in [0.1, 0.15) is 11.5 Å². The predicted octanol–water partition coefficient (Wildman–Crippen LogP) is 1.98. The summed E-state index contributed by atoms with van der Waals surface area (Å²) in [5, 5.41) is 6.82. The van der Waals surface area contributed by atoms with Crippen molar-refractivity contribution >= 4 is 29.5 Å². The van der Waals surface area contributed by atoms with Crippen molar-refractivity contribution in [2.75, 3.05) is 25.5 Å². The number of aldehydes is 1. The Balaban J connectivity index is 1.77. The third-order valence-corrected chi connectivity index (χ3v) is 4.99. The van der Waals surface area contributed by atoms with Crippen molar-refractivity contribution in [3.63, 3.8) is 0 Å². The molecule has 3 aromatic heterocycles. The molecule has 0 aromatic carbocycles. The second-order valence-corrected chi connectivity index (χ2v) is 6.88. The maximum absolute atomic E-state index is 11.6. The summed E-state index contributed by atoms with van der Waals surface area (Å²) in [6.45, 7) is 1.96. The molecule has 148 valence electrons. The van der Waals surface area contributed by atoms with Crippen LogP contribution in [-0.2, 0) is 0 Å². The molecule has 8 heteroatoms. The number of pyridine rings is 2. The van der Waals surface area contributed by atoms with Gasteiger partial charge in [0.15, 0.2) is 6.29 Å². The van der Waals surface area contributed by atoms with Crippen LogP contribution in [0.15, 0.2) is 47.9 Å². The van der Waals surface area contributed by atoms with Gasteiger partial charge in [0.2, 0.25) is 0 Å². The van der Waals surface area contributed by atoms with Crippen LogP contribution in [0.25, 0.3) is 22.6 Å². The van der Waals surface area contributed by atoms with Crippen LogP contribution in [0, 0.1) is 0 Å². The van der Waals surface area contributed by atoms with E-state index in [2.05, 4.69) is 20.6 Å². The molecule has 1 fully saturated rings. The van der Waals surface area contributed by atoms with Crippen LogP contribution < -0.4 is 16.4 Å². The number of nitrogens with one attached hydrogen (secondary N) is 2. The van der Waals surface area contributed by atoms with Crippen LogP contribution in [0.4, 0.5) is 5.82 Å². The highest BCUT2D eigenvalue weighted by Gasteiger charge is 2.16. The summed E-state index contributed by atoms with van der Waals surface area (Å²) in [4.78, 5) is 24.9. The lowest BCUT2D eigenvalue weighted by Crippen LogP contribution is -2.22. The normalized spacial score (nSPS) is 17.3. The van der Waals surface area contributed by atoms with Crippen molar-refractivity contribution in [1.29, 1.82) is 0 Å². The van der Waals surface area contributed by atoms with Gasteiger partial charge in [-0.2, -0.15) is 0 Å². The Hall–Kier alpha value is -3.52. The highest BCUT2D eigenvalue weighted by Crippen LogP contribution is 2.25. The molecule has 1 saturated heterocycles. The molecule has 3 aromatic rings. The maximum Gasteiger partial charge on any atom is 0.150 e. The first-order chi connectivity index (χ1) is 14.2. The Kier molecular flexibility index (Phi) is 5.35. The lowest BCUT2D eigenvalue weighted by atomic mass is 10.0. The minimum absolute atomic E-state index is 0.382. The van der Waals surface area contributed by atoms with Crippen LogP contribution in [0.5, 0.6) is 0 Å². The molecule has 0 saturated carbocycles. The van der Waals surface area contributed by atoms with E-state index in [1.807, 2.05) is 28.8 Å². The number of fused-ring (bicyclic) bond motifs is 1. The minimum Gasteiger partial charge on any atom is -0.404 e. The van der Waals surface area contributed by atoms with Gasteiger partial charge in [0.05, 0.1) is 17.6 Å². The molecular formula is C21H23N7O. The smallest absolute Gasteiger partial charge is 0.150 e. The first kappa shape index (κ1) is 18.8. The molecule has 0 aliphatic carbocycles. The van der Waals surface area contributed by atoms with Gasteiger partial charge >= 0.3 is 0 Å². The third kappa shape index (κ3) is 3.74.